The monoisotopic (exact) mass is 399 g/mol. The summed E-state index contributed by atoms with van der Waals surface area (Å²) in [7, 11) is 0. The molecule has 3 nitrogen and oxygen atoms in total. The molecular weight excluding hydrogens is 381 g/mol. The minimum absolute atomic E-state index is 0.385. The molecule has 0 aliphatic heterocycles. The second kappa shape index (κ2) is 9.45. The molecule has 0 bridgehead atoms. The van der Waals surface area contributed by atoms with Crippen molar-refractivity contribution in [3.8, 4) is 11.5 Å². The lowest BCUT2D eigenvalue weighted by molar-refractivity contribution is 0.306. The predicted molar refractivity (Wildman–Crippen MR) is 112 cm³/mol. The average molecular weight is 400 g/mol. The molecule has 3 rings (SSSR count). The van der Waals surface area contributed by atoms with Crippen LogP contribution in [0.25, 0.3) is 0 Å². The minimum atomic E-state index is 0.385. The highest BCUT2D eigenvalue weighted by atomic mass is 35.5. The van der Waals surface area contributed by atoms with Crippen molar-refractivity contribution in [1.82, 2.24) is 0 Å². The number of hydrogen-bond acceptors (Lipinski definition) is 3. The van der Waals surface area contributed by atoms with Gasteiger partial charge in [-0.15, -0.1) is 0 Å². The second-order valence-corrected chi connectivity index (χ2v) is 6.62. The molecule has 0 saturated heterocycles. The van der Waals surface area contributed by atoms with Gasteiger partial charge in [0.25, 0.3) is 0 Å². The van der Waals surface area contributed by atoms with Gasteiger partial charge < -0.3 is 9.47 Å². The molecule has 0 saturated carbocycles. The standard InChI is InChI=1S/C22H19Cl2NO2/c1-2-26-20-11-7-19(8-12-20)25-14-16-3-9-21(10-4-16)27-15-17-5-6-18(23)13-22(17)24/h3-14H,2,15H2,1H3. The molecule has 0 aliphatic rings. The number of benzene rings is 3. The number of ether oxygens (including phenoxy) is 2. The SMILES string of the molecule is CCOc1ccc(N=Cc2ccc(OCc3ccc(Cl)cc3Cl)cc2)cc1. The Hall–Kier alpha value is -2.49. The Kier molecular flexibility index (Phi) is 6.74. The van der Waals surface area contributed by atoms with E-state index in [1.807, 2.05) is 67.7 Å². The zero-order chi connectivity index (χ0) is 19.1. The van der Waals surface area contributed by atoms with Gasteiger partial charge in [0, 0.05) is 21.8 Å². The highest BCUT2D eigenvalue weighted by Gasteiger charge is 2.02. The fraction of sp³-hybridized carbons (Fsp3) is 0.136. The molecular formula is C22H19Cl2NO2. The molecule has 0 N–H and O–H groups in total. The summed E-state index contributed by atoms with van der Waals surface area (Å²) in [5.74, 6) is 1.61. The normalized spacial score (nSPS) is 10.9. The van der Waals surface area contributed by atoms with Gasteiger partial charge in [-0.1, -0.05) is 29.3 Å². The zero-order valence-corrected chi connectivity index (χ0v) is 16.4. The molecule has 3 aromatic carbocycles. The third-order valence-electron chi connectivity index (χ3n) is 3.80. The van der Waals surface area contributed by atoms with Crippen LogP contribution in [0, 0.1) is 0 Å². The second-order valence-electron chi connectivity index (χ2n) is 5.78. The van der Waals surface area contributed by atoms with Crippen LogP contribution in [0.1, 0.15) is 18.1 Å². The Balaban J connectivity index is 1.58. The lowest BCUT2D eigenvalue weighted by Crippen LogP contribution is -1.96. The molecule has 0 aromatic heterocycles. The van der Waals surface area contributed by atoms with Crippen LogP contribution in [0.4, 0.5) is 5.69 Å². The van der Waals surface area contributed by atoms with Gasteiger partial charge in [-0.05, 0) is 73.2 Å². The molecule has 0 unspecified atom stereocenters. The molecule has 3 aromatic rings. The summed E-state index contributed by atoms with van der Waals surface area (Å²) in [4.78, 5) is 4.47. The van der Waals surface area contributed by atoms with Gasteiger partial charge in [-0.25, -0.2) is 0 Å². The van der Waals surface area contributed by atoms with Crippen LogP contribution in [0.15, 0.2) is 71.7 Å². The third-order valence-corrected chi connectivity index (χ3v) is 4.39. The Labute approximate surface area is 169 Å². The topological polar surface area (TPSA) is 30.8 Å². The van der Waals surface area contributed by atoms with Crippen LogP contribution in [-0.4, -0.2) is 12.8 Å². The van der Waals surface area contributed by atoms with E-state index in [1.54, 1.807) is 12.1 Å². The fourth-order valence-corrected chi connectivity index (χ4v) is 2.86. The van der Waals surface area contributed by atoms with Gasteiger partial charge in [-0.3, -0.25) is 4.99 Å². The maximum atomic E-state index is 6.16. The smallest absolute Gasteiger partial charge is 0.119 e. The Bertz CT molecular complexity index is 907. The summed E-state index contributed by atoms with van der Waals surface area (Å²) in [6.07, 6.45) is 1.82. The quantitative estimate of drug-likeness (QED) is 0.412. The van der Waals surface area contributed by atoms with E-state index in [2.05, 4.69) is 4.99 Å². The predicted octanol–water partition coefficient (Wildman–Crippen LogP) is 6.72. The first-order chi connectivity index (χ1) is 13.1. The highest BCUT2D eigenvalue weighted by Crippen LogP contribution is 2.23. The summed E-state index contributed by atoms with van der Waals surface area (Å²) < 4.78 is 11.2. The fourth-order valence-electron chi connectivity index (χ4n) is 2.39. The van der Waals surface area contributed by atoms with Crippen LogP contribution in [0.2, 0.25) is 10.0 Å². The van der Waals surface area contributed by atoms with E-state index >= 15 is 0 Å². The first-order valence-corrected chi connectivity index (χ1v) is 9.33. The lowest BCUT2D eigenvalue weighted by atomic mass is 10.2. The number of hydrogen-bond donors (Lipinski definition) is 0. The Morgan fingerprint density at radius 3 is 2.19 bits per heavy atom. The van der Waals surface area contributed by atoms with Crippen LogP contribution >= 0.6 is 23.2 Å². The van der Waals surface area contributed by atoms with Crippen LogP contribution in [0.3, 0.4) is 0 Å². The van der Waals surface area contributed by atoms with E-state index in [0.29, 0.717) is 23.3 Å². The van der Waals surface area contributed by atoms with Gasteiger partial charge in [0.05, 0.1) is 12.3 Å². The summed E-state index contributed by atoms with van der Waals surface area (Å²) >= 11 is 12.1. The molecule has 0 fully saturated rings. The molecule has 138 valence electrons. The van der Waals surface area contributed by atoms with E-state index in [-0.39, 0.29) is 0 Å². The van der Waals surface area contributed by atoms with Crippen molar-refractivity contribution in [3.05, 3.63) is 87.9 Å². The molecule has 5 heteroatoms. The van der Waals surface area contributed by atoms with Crippen molar-refractivity contribution in [3.63, 3.8) is 0 Å². The van der Waals surface area contributed by atoms with Crippen molar-refractivity contribution >= 4 is 35.1 Å². The van der Waals surface area contributed by atoms with Gasteiger partial charge >= 0.3 is 0 Å². The van der Waals surface area contributed by atoms with E-state index in [1.165, 1.54) is 0 Å². The summed E-state index contributed by atoms with van der Waals surface area (Å²) in [5, 5.41) is 1.21. The number of halogens is 2. The van der Waals surface area contributed by atoms with Crippen molar-refractivity contribution in [2.24, 2.45) is 4.99 Å². The van der Waals surface area contributed by atoms with Crippen LogP contribution in [-0.2, 0) is 6.61 Å². The van der Waals surface area contributed by atoms with Gasteiger partial charge in [0.15, 0.2) is 0 Å². The van der Waals surface area contributed by atoms with E-state index < -0.39 is 0 Å². The average Bonchev–Trinajstić information content (AvgIpc) is 2.68. The lowest BCUT2D eigenvalue weighted by Gasteiger charge is -2.08. The van der Waals surface area contributed by atoms with Gasteiger partial charge in [0.2, 0.25) is 0 Å². The van der Waals surface area contributed by atoms with Gasteiger partial charge in [-0.2, -0.15) is 0 Å². The van der Waals surface area contributed by atoms with Crippen molar-refractivity contribution in [1.29, 1.82) is 0 Å². The number of rotatable bonds is 7. The van der Waals surface area contributed by atoms with E-state index in [9.17, 15) is 0 Å². The summed E-state index contributed by atoms with van der Waals surface area (Å²) in [6.45, 7) is 3.00. The van der Waals surface area contributed by atoms with Crippen LogP contribution in [0.5, 0.6) is 11.5 Å². The highest BCUT2D eigenvalue weighted by molar-refractivity contribution is 6.35. The molecule has 0 radical (unpaired) electrons. The maximum Gasteiger partial charge on any atom is 0.119 e. The number of aliphatic imine (C=N–C) groups is 1. The largest absolute Gasteiger partial charge is 0.494 e. The van der Waals surface area contributed by atoms with Crippen molar-refractivity contribution < 1.29 is 9.47 Å². The first kappa shape index (κ1) is 19.3. The van der Waals surface area contributed by atoms with Crippen molar-refractivity contribution in [2.75, 3.05) is 6.61 Å². The van der Waals surface area contributed by atoms with E-state index in [4.69, 9.17) is 32.7 Å². The summed E-state index contributed by atoms with van der Waals surface area (Å²) in [6, 6.07) is 20.8. The maximum absolute atomic E-state index is 6.16. The van der Waals surface area contributed by atoms with Crippen LogP contribution < -0.4 is 9.47 Å². The molecule has 27 heavy (non-hydrogen) atoms. The minimum Gasteiger partial charge on any atom is -0.494 e. The first-order valence-electron chi connectivity index (χ1n) is 8.58. The molecule has 0 aliphatic carbocycles. The van der Waals surface area contributed by atoms with E-state index in [0.717, 1.165) is 28.3 Å². The molecule has 0 spiro atoms. The molecule has 0 atom stereocenters. The molecule has 0 amide bonds. The third kappa shape index (κ3) is 5.75. The molecule has 0 heterocycles. The Morgan fingerprint density at radius 2 is 1.52 bits per heavy atom. The zero-order valence-electron chi connectivity index (χ0n) is 14.9. The summed E-state index contributed by atoms with van der Waals surface area (Å²) in [5.41, 5.74) is 2.75. The van der Waals surface area contributed by atoms with Crippen molar-refractivity contribution in [2.45, 2.75) is 13.5 Å². The Morgan fingerprint density at radius 1 is 0.852 bits per heavy atom. The number of nitrogens with zero attached hydrogens (tertiary/aromatic N) is 1. The van der Waals surface area contributed by atoms with Gasteiger partial charge in [0.1, 0.15) is 18.1 Å².